The summed E-state index contributed by atoms with van der Waals surface area (Å²) in [6, 6.07) is 6.12. The smallest absolute Gasteiger partial charge is 0.242 e. The minimum absolute atomic E-state index is 0.00995. The molecule has 1 aromatic heterocycles. The van der Waals surface area contributed by atoms with Gasteiger partial charge < -0.3 is 0 Å². The van der Waals surface area contributed by atoms with Crippen molar-refractivity contribution in [3.05, 3.63) is 46.2 Å². The Balaban J connectivity index is 1.83. The van der Waals surface area contributed by atoms with Crippen LogP contribution in [0.1, 0.15) is 12.1 Å². The van der Waals surface area contributed by atoms with Crippen molar-refractivity contribution >= 4 is 33.2 Å². The van der Waals surface area contributed by atoms with Crippen LogP contribution >= 0.6 is 23.2 Å². The van der Waals surface area contributed by atoms with E-state index < -0.39 is 10.0 Å². The Morgan fingerprint density at radius 3 is 2.90 bits per heavy atom. The monoisotopic (exact) mass is 345 g/mol. The third kappa shape index (κ3) is 3.08. The summed E-state index contributed by atoms with van der Waals surface area (Å²) in [7, 11) is -3.69. The van der Waals surface area contributed by atoms with Crippen LogP contribution in [0.25, 0.3) is 0 Å². The molecule has 1 aliphatic rings. The molecule has 3 rings (SSSR count). The van der Waals surface area contributed by atoms with Gasteiger partial charge in [-0.3, -0.25) is 4.68 Å². The van der Waals surface area contributed by atoms with E-state index in [9.17, 15) is 8.42 Å². The summed E-state index contributed by atoms with van der Waals surface area (Å²) >= 11 is 11.8. The van der Waals surface area contributed by atoms with Gasteiger partial charge in [-0.15, -0.1) is 0 Å². The molecule has 0 amide bonds. The predicted octanol–water partition coefficient (Wildman–Crippen LogP) is 2.48. The number of nitrogens with zero attached hydrogens (tertiary/aromatic N) is 2. The van der Waals surface area contributed by atoms with E-state index in [1.807, 2.05) is 10.7 Å². The molecule has 1 atom stereocenters. The quantitative estimate of drug-likeness (QED) is 0.929. The molecule has 2 heterocycles. The summed E-state index contributed by atoms with van der Waals surface area (Å²) in [6.07, 6.45) is 3.02. The number of hydrogen-bond acceptors (Lipinski definition) is 3. The number of sulfonamides is 1. The summed E-state index contributed by atoms with van der Waals surface area (Å²) in [6.45, 7) is 0.693. The molecule has 1 aliphatic heterocycles. The van der Waals surface area contributed by atoms with Crippen molar-refractivity contribution < 1.29 is 8.42 Å². The largest absolute Gasteiger partial charge is 0.269 e. The highest BCUT2D eigenvalue weighted by atomic mass is 35.5. The van der Waals surface area contributed by atoms with Gasteiger partial charge in [-0.05, 0) is 30.7 Å². The molecule has 0 radical (unpaired) electrons. The van der Waals surface area contributed by atoms with Gasteiger partial charge in [0.25, 0.3) is 0 Å². The van der Waals surface area contributed by atoms with Gasteiger partial charge in [0.2, 0.25) is 10.0 Å². The van der Waals surface area contributed by atoms with Crippen LogP contribution in [0.3, 0.4) is 0 Å². The van der Waals surface area contributed by atoms with Crippen LogP contribution in [0.4, 0.5) is 0 Å². The molecule has 0 fully saturated rings. The Kier molecular flexibility index (Phi) is 3.96. The Morgan fingerprint density at radius 1 is 1.29 bits per heavy atom. The van der Waals surface area contributed by atoms with Crippen LogP contribution in [-0.4, -0.2) is 24.2 Å². The predicted molar refractivity (Wildman–Crippen MR) is 81.1 cm³/mol. The number of aromatic nitrogens is 2. The molecule has 0 bridgehead atoms. The minimum Gasteiger partial charge on any atom is -0.269 e. The van der Waals surface area contributed by atoms with Crippen LogP contribution in [-0.2, 0) is 23.0 Å². The summed E-state index contributed by atoms with van der Waals surface area (Å²) < 4.78 is 29.5. The second kappa shape index (κ2) is 5.61. The second-order valence-electron chi connectivity index (χ2n) is 4.93. The molecule has 0 saturated carbocycles. The van der Waals surface area contributed by atoms with Gasteiger partial charge in [0.15, 0.2) is 0 Å². The highest BCUT2D eigenvalue weighted by molar-refractivity contribution is 7.89. The number of hydrogen-bond donors (Lipinski definition) is 1. The number of fused-ring (bicyclic) bond motifs is 1. The lowest BCUT2D eigenvalue weighted by molar-refractivity contribution is 0.414. The van der Waals surface area contributed by atoms with Crippen molar-refractivity contribution in [2.45, 2.75) is 30.3 Å². The van der Waals surface area contributed by atoms with Gasteiger partial charge in [-0.25, -0.2) is 13.1 Å². The Morgan fingerprint density at radius 2 is 2.10 bits per heavy atom. The fraction of sp³-hybridized carbons (Fsp3) is 0.308. The number of rotatable bonds is 3. The first kappa shape index (κ1) is 14.8. The molecule has 5 nitrogen and oxygen atoms in total. The summed E-state index contributed by atoms with van der Waals surface area (Å²) in [4.78, 5) is 0.00995. The molecule has 0 saturated heterocycles. The van der Waals surface area contributed by atoms with Gasteiger partial charge in [0.1, 0.15) is 4.90 Å². The van der Waals surface area contributed by atoms with Crippen LogP contribution in [0.15, 0.2) is 35.4 Å². The Bertz CT molecular complexity index is 773. The molecule has 0 spiro atoms. The standard InChI is InChI=1S/C13H13Cl2N3O2S/c14-9-1-2-12(15)13(7-9)21(19,20)17-10-4-6-18-11(8-10)3-5-16-18/h1-3,5,7,10,17H,4,6,8H2/t10-/m1/s1. The summed E-state index contributed by atoms with van der Waals surface area (Å²) in [5.74, 6) is 0. The van der Waals surface area contributed by atoms with Crippen molar-refractivity contribution in [2.24, 2.45) is 0 Å². The van der Waals surface area contributed by atoms with Crippen LogP contribution in [0.5, 0.6) is 0 Å². The van der Waals surface area contributed by atoms with E-state index in [0.29, 0.717) is 24.4 Å². The van der Waals surface area contributed by atoms with E-state index in [-0.39, 0.29) is 16.0 Å². The van der Waals surface area contributed by atoms with Crippen LogP contribution in [0.2, 0.25) is 10.0 Å². The van der Waals surface area contributed by atoms with E-state index in [0.717, 1.165) is 5.69 Å². The van der Waals surface area contributed by atoms with Gasteiger partial charge >= 0.3 is 0 Å². The van der Waals surface area contributed by atoms with Crippen molar-refractivity contribution in [1.29, 1.82) is 0 Å². The molecule has 1 aromatic carbocycles. The molecule has 0 unspecified atom stereocenters. The molecule has 21 heavy (non-hydrogen) atoms. The normalized spacial score (nSPS) is 18.5. The molecule has 0 aliphatic carbocycles. The lowest BCUT2D eigenvalue weighted by atomic mass is 10.1. The van der Waals surface area contributed by atoms with E-state index in [1.165, 1.54) is 12.1 Å². The lowest BCUT2D eigenvalue weighted by Gasteiger charge is -2.24. The van der Waals surface area contributed by atoms with E-state index >= 15 is 0 Å². The summed E-state index contributed by atoms with van der Waals surface area (Å²) in [5.41, 5.74) is 1.02. The maximum Gasteiger partial charge on any atom is 0.242 e. The zero-order valence-corrected chi connectivity index (χ0v) is 13.3. The SMILES string of the molecule is O=S(=O)(N[C@@H]1CCn2nccc2C1)c1cc(Cl)ccc1Cl. The first-order valence-corrected chi connectivity index (χ1v) is 8.68. The topological polar surface area (TPSA) is 64.0 Å². The zero-order chi connectivity index (χ0) is 15.0. The Labute approximate surface area is 132 Å². The van der Waals surface area contributed by atoms with Crippen molar-refractivity contribution in [3.63, 3.8) is 0 Å². The van der Waals surface area contributed by atoms with Crippen LogP contribution < -0.4 is 4.72 Å². The molecule has 112 valence electrons. The average Bonchev–Trinajstić information content (AvgIpc) is 2.88. The molecular weight excluding hydrogens is 333 g/mol. The first-order valence-electron chi connectivity index (χ1n) is 6.44. The molecule has 8 heteroatoms. The van der Waals surface area contributed by atoms with Crippen molar-refractivity contribution in [2.75, 3.05) is 0 Å². The molecule has 2 aromatic rings. The number of aryl methyl sites for hydroxylation is 1. The third-order valence-corrected chi connectivity index (χ3v) is 5.69. The van der Waals surface area contributed by atoms with E-state index in [2.05, 4.69) is 9.82 Å². The van der Waals surface area contributed by atoms with E-state index in [1.54, 1.807) is 12.3 Å². The van der Waals surface area contributed by atoms with Crippen molar-refractivity contribution in [3.8, 4) is 0 Å². The van der Waals surface area contributed by atoms with Gasteiger partial charge in [-0.1, -0.05) is 23.2 Å². The number of halogens is 2. The first-order chi connectivity index (χ1) is 9.95. The van der Waals surface area contributed by atoms with E-state index in [4.69, 9.17) is 23.2 Å². The fourth-order valence-corrected chi connectivity index (χ4v) is 4.47. The number of nitrogens with one attached hydrogen (secondary N) is 1. The lowest BCUT2D eigenvalue weighted by Crippen LogP contribution is -2.40. The second-order valence-corrected chi connectivity index (χ2v) is 7.46. The van der Waals surface area contributed by atoms with Crippen molar-refractivity contribution in [1.82, 2.24) is 14.5 Å². The number of benzene rings is 1. The molecule has 1 N–H and O–H groups in total. The minimum atomic E-state index is -3.69. The zero-order valence-electron chi connectivity index (χ0n) is 11.0. The molecular formula is C13H13Cl2N3O2S. The third-order valence-electron chi connectivity index (χ3n) is 3.45. The highest BCUT2D eigenvalue weighted by Crippen LogP contribution is 2.26. The maximum absolute atomic E-state index is 12.4. The fourth-order valence-electron chi connectivity index (χ4n) is 2.43. The van der Waals surface area contributed by atoms with Gasteiger partial charge in [-0.2, -0.15) is 5.10 Å². The van der Waals surface area contributed by atoms with Gasteiger partial charge in [0, 0.05) is 35.9 Å². The Hall–Kier alpha value is -1.08. The van der Waals surface area contributed by atoms with Gasteiger partial charge in [0.05, 0.1) is 5.02 Å². The highest BCUT2D eigenvalue weighted by Gasteiger charge is 2.26. The average molecular weight is 346 g/mol. The summed E-state index contributed by atoms with van der Waals surface area (Å²) in [5, 5.41) is 4.67. The van der Waals surface area contributed by atoms with Crippen LogP contribution in [0, 0.1) is 0 Å². The maximum atomic E-state index is 12.4.